The predicted molar refractivity (Wildman–Crippen MR) is 62.7 cm³/mol. The normalized spacial score (nSPS) is 37.0. The highest BCUT2D eigenvalue weighted by Gasteiger charge is 2.35. The van der Waals surface area contributed by atoms with Gasteiger partial charge < -0.3 is 0 Å². The Balaban J connectivity index is 1.88. The summed E-state index contributed by atoms with van der Waals surface area (Å²) >= 11 is 0. The summed E-state index contributed by atoms with van der Waals surface area (Å²) in [5.74, 6) is 0.747. The van der Waals surface area contributed by atoms with Gasteiger partial charge in [0.2, 0.25) is 0 Å². The molecule has 1 saturated carbocycles. The zero-order chi connectivity index (χ0) is 11.8. The average molecular weight is 247 g/mol. The number of hydrogen-bond acceptors (Lipinski definition) is 4. The van der Waals surface area contributed by atoms with Crippen LogP contribution >= 0.6 is 0 Å². The van der Waals surface area contributed by atoms with E-state index in [2.05, 4.69) is 11.8 Å². The summed E-state index contributed by atoms with van der Waals surface area (Å²) in [6.07, 6.45) is 5.72. The molecule has 2 fully saturated rings. The Morgan fingerprint density at radius 2 is 2.00 bits per heavy atom. The molecule has 0 aromatic rings. The lowest BCUT2D eigenvalue weighted by Gasteiger charge is -2.27. The van der Waals surface area contributed by atoms with Crippen molar-refractivity contribution in [3.05, 3.63) is 0 Å². The summed E-state index contributed by atoms with van der Waals surface area (Å²) in [5.41, 5.74) is 0. The molecule has 0 spiro atoms. The lowest BCUT2D eigenvalue weighted by molar-refractivity contribution is 0.166. The van der Waals surface area contributed by atoms with E-state index in [-0.39, 0.29) is 6.10 Å². The molecule has 1 aliphatic heterocycles. The quantitative estimate of drug-likeness (QED) is 0.704. The summed E-state index contributed by atoms with van der Waals surface area (Å²) < 4.78 is 27.1. The van der Waals surface area contributed by atoms with Gasteiger partial charge >= 0.3 is 0 Å². The van der Waals surface area contributed by atoms with Gasteiger partial charge in [0.05, 0.1) is 12.4 Å². The third-order valence-corrected chi connectivity index (χ3v) is 4.39. The van der Waals surface area contributed by atoms with Crippen LogP contribution in [0.5, 0.6) is 0 Å². The molecule has 1 saturated heterocycles. The fraction of sp³-hybridized carbons (Fsp3) is 1.00. The molecule has 16 heavy (non-hydrogen) atoms. The van der Waals surface area contributed by atoms with E-state index in [1.807, 2.05) is 0 Å². The summed E-state index contributed by atoms with van der Waals surface area (Å²) in [5, 5.41) is 0. The highest BCUT2D eigenvalue weighted by Crippen LogP contribution is 2.32. The number of rotatable bonds is 3. The van der Waals surface area contributed by atoms with Crippen LogP contribution in [0.15, 0.2) is 0 Å². The van der Waals surface area contributed by atoms with E-state index in [4.69, 9.17) is 4.18 Å². The minimum Gasteiger partial charge on any atom is -0.297 e. The summed E-state index contributed by atoms with van der Waals surface area (Å²) in [7, 11) is -3.29. The monoisotopic (exact) mass is 247 g/mol. The van der Waals surface area contributed by atoms with Gasteiger partial charge in [0.15, 0.2) is 0 Å². The molecule has 5 heteroatoms. The Labute approximate surface area is 98.1 Å². The van der Waals surface area contributed by atoms with Crippen molar-refractivity contribution >= 4 is 10.1 Å². The van der Waals surface area contributed by atoms with Crippen molar-refractivity contribution in [3.63, 3.8) is 0 Å². The molecule has 2 rings (SSSR count). The van der Waals surface area contributed by atoms with Crippen LogP contribution in [0.3, 0.4) is 0 Å². The van der Waals surface area contributed by atoms with Gasteiger partial charge in [-0.2, -0.15) is 8.42 Å². The van der Waals surface area contributed by atoms with Crippen LogP contribution in [-0.4, -0.2) is 44.8 Å². The van der Waals surface area contributed by atoms with Gasteiger partial charge in [-0.15, -0.1) is 0 Å². The first kappa shape index (κ1) is 12.3. The van der Waals surface area contributed by atoms with Gasteiger partial charge in [-0.3, -0.25) is 9.08 Å². The van der Waals surface area contributed by atoms with Crippen molar-refractivity contribution in [1.29, 1.82) is 0 Å². The van der Waals surface area contributed by atoms with Gasteiger partial charge in [0.1, 0.15) is 0 Å². The van der Waals surface area contributed by atoms with Crippen molar-refractivity contribution in [1.82, 2.24) is 4.90 Å². The lowest BCUT2D eigenvalue weighted by atomic mass is 10.1. The minimum absolute atomic E-state index is 0.122. The smallest absolute Gasteiger partial charge is 0.264 e. The molecule has 0 amide bonds. The van der Waals surface area contributed by atoms with Gasteiger partial charge in [-0.25, -0.2) is 0 Å². The molecule has 2 aliphatic rings. The van der Waals surface area contributed by atoms with E-state index >= 15 is 0 Å². The zero-order valence-corrected chi connectivity index (χ0v) is 10.9. The van der Waals surface area contributed by atoms with Crippen molar-refractivity contribution in [2.24, 2.45) is 5.92 Å². The molecule has 4 nitrogen and oxygen atoms in total. The molecule has 1 aliphatic carbocycles. The van der Waals surface area contributed by atoms with Crippen LogP contribution in [0.25, 0.3) is 0 Å². The van der Waals surface area contributed by atoms with Crippen molar-refractivity contribution in [2.45, 2.75) is 44.8 Å². The Hall–Kier alpha value is -0.130. The van der Waals surface area contributed by atoms with Gasteiger partial charge in [0.25, 0.3) is 10.1 Å². The minimum atomic E-state index is -3.29. The second-order valence-corrected chi connectivity index (χ2v) is 6.78. The van der Waals surface area contributed by atoms with Gasteiger partial charge in [-0.1, -0.05) is 13.3 Å². The third kappa shape index (κ3) is 2.96. The summed E-state index contributed by atoms with van der Waals surface area (Å²) in [6.45, 7) is 4.06. The van der Waals surface area contributed by atoms with E-state index in [1.165, 1.54) is 19.3 Å². The Morgan fingerprint density at radius 1 is 1.25 bits per heavy atom. The zero-order valence-electron chi connectivity index (χ0n) is 10.1. The van der Waals surface area contributed by atoms with E-state index in [9.17, 15) is 8.42 Å². The standard InChI is InChI=1S/C11H21NO3S/c1-9-4-3-5-11(9)12-7-6-10(8-12)15-16(2,13)14/h9-11H,3-8H2,1-2H3. The molecule has 3 atom stereocenters. The molecule has 0 radical (unpaired) electrons. The molecule has 1 heterocycles. The topological polar surface area (TPSA) is 46.6 Å². The third-order valence-electron chi connectivity index (χ3n) is 3.77. The van der Waals surface area contributed by atoms with E-state index in [1.54, 1.807) is 0 Å². The summed E-state index contributed by atoms with van der Waals surface area (Å²) in [6, 6.07) is 0.646. The van der Waals surface area contributed by atoms with Crippen LogP contribution in [0.2, 0.25) is 0 Å². The van der Waals surface area contributed by atoms with E-state index in [0.717, 1.165) is 31.7 Å². The first-order valence-electron chi connectivity index (χ1n) is 6.08. The second kappa shape index (κ2) is 4.63. The SMILES string of the molecule is CC1CCCC1N1CCC(OS(C)(=O)=O)C1. The Morgan fingerprint density at radius 3 is 2.56 bits per heavy atom. The number of nitrogens with zero attached hydrogens (tertiary/aromatic N) is 1. The van der Waals surface area contributed by atoms with Crippen LogP contribution in [-0.2, 0) is 14.3 Å². The fourth-order valence-corrected chi connectivity index (χ4v) is 3.70. The Bertz CT molecular complexity index is 341. The molecule has 0 aromatic heterocycles. The van der Waals surface area contributed by atoms with Gasteiger partial charge in [0, 0.05) is 19.1 Å². The molecule has 0 bridgehead atoms. The maximum absolute atomic E-state index is 11.0. The molecule has 0 N–H and O–H groups in total. The lowest BCUT2D eigenvalue weighted by Crippen LogP contribution is -2.36. The predicted octanol–water partition coefficient (Wildman–Crippen LogP) is 1.23. The second-order valence-electron chi connectivity index (χ2n) is 5.18. The molecule has 94 valence electrons. The molecule has 3 unspecified atom stereocenters. The van der Waals surface area contributed by atoms with Crippen molar-refractivity contribution in [2.75, 3.05) is 19.3 Å². The number of hydrogen-bond donors (Lipinski definition) is 0. The fourth-order valence-electron chi connectivity index (χ4n) is 3.05. The van der Waals surface area contributed by atoms with Crippen LogP contribution in [0.1, 0.15) is 32.6 Å². The largest absolute Gasteiger partial charge is 0.297 e. The van der Waals surface area contributed by atoms with E-state index in [0.29, 0.717) is 6.04 Å². The van der Waals surface area contributed by atoms with Crippen LogP contribution in [0.4, 0.5) is 0 Å². The highest BCUT2D eigenvalue weighted by atomic mass is 32.2. The van der Waals surface area contributed by atoms with Gasteiger partial charge in [-0.05, 0) is 25.2 Å². The number of likely N-dealkylation sites (tertiary alicyclic amines) is 1. The molecular weight excluding hydrogens is 226 g/mol. The molecular formula is C11H21NO3S. The first-order valence-corrected chi connectivity index (χ1v) is 7.89. The van der Waals surface area contributed by atoms with Crippen molar-refractivity contribution in [3.8, 4) is 0 Å². The van der Waals surface area contributed by atoms with Crippen LogP contribution < -0.4 is 0 Å². The Kier molecular flexibility index (Phi) is 3.56. The molecule has 0 aromatic carbocycles. The van der Waals surface area contributed by atoms with Crippen molar-refractivity contribution < 1.29 is 12.6 Å². The highest BCUT2D eigenvalue weighted by molar-refractivity contribution is 7.86. The maximum atomic E-state index is 11.0. The van der Waals surface area contributed by atoms with E-state index < -0.39 is 10.1 Å². The maximum Gasteiger partial charge on any atom is 0.264 e. The first-order chi connectivity index (χ1) is 7.46. The summed E-state index contributed by atoms with van der Waals surface area (Å²) in [4.78, 5) is 2.41. The van der Waals surface area contributed by atoms with Crippen LogP contribution in [0, 0.1) is 5.92 Å². The average Bonchev–Trinajstić information content (AvgIpc) is 2.71.